The first-order chi connectivity index (χ1) is 11.7. The van der Waals surface area contributed by atoms with Crippen LogP contribution in [0.25, 0.3) is 0 Å². The van der Waals surface area contributed by atoms with Crippen molar-refractivity contribution in [1.82, 2.24) is 9.88 Å². The van der Waals surface area contributed by atoms with Gasteiger partial charge in [0.15, 0.2) is 0 Å². The second-order valence-electron chi connectivity index (χ2n) is 6.23. The first-order valence-corrected chi connectivity index (χ1v) is 8.06. The Morgan fingerprint density at radius 2 is 2.08 bits per heavy atom. The van der Waals surface area contributed by atoms with Crippen molar-refractivity contribution in [3.8, 4) is 0 Å². The van der Waals surface area contributed by atoms with Gasteiger partial charge in [-0.05, 0) is 41.8 Å². The van der Waals surface area contributed by atoms with Crippen LogP contribution in [-0.2, 0) is 17.8 Å². The molecule has 24 heavy (non-hydrogen) atoms. The number of ether oxygens (including phenoxy) is 1. The van der Waals surface area contributed by atoms with Crippen LogP contribution in [0.1, 0.15) is 17.5 Å². The fraction of sp³-hybridized carbons (Fsp3) is 0.333. The van der Waals surface area contributed by atoms with E-state index in [1.54, 1.807) is 23.4 Å². The Kier molecular flexibility index (Phi) is 3.90. The molecule has 5 nitrogen and oxygen atoms in total. The Hall–Kier alpha value is -2.47. The van der Waals surface area contributed by atoms with Crippen LogP contribution >= 0.6 is 0 Å². The molecule has 1 unspecified atom stereocenters. The van der Waals surface area contributed by atoms with E-state index in [0.717, 1.165) is 25.1 Å². The van der Waals surface area contributed by atoms with Crippen molar-refractivity contribution in [2.24, 2.45) is 0 Å². The molecule has 1 atom stereocenters. The number of halogens is 1. The molecule has 0 bridgehead atoms. The van der Waals surface area contributed by atoms with Crippen molar-refractivity contribution in [3.05, 3.63) is 59.7 Å². The fourth-order valence-corrected chi connectivity index (χ4v) is 3.40. The van der Waals surface area contributed by atoms with Crippen LogP contribution in [0.15, 0.2) is 42.7 Å². The minimum Gasteiger partial charge on any atom is -0.447 e. The average Bonchev–Trinajstić information content (AvgIpc) is 2.94. The number of nitrogens with zero attached hydrogens (tertiary/aromatic N) is 3. The lowest BCUT2D eigenvalue weighted by Gasteiger charge is -2.32. The van der Waals surface area contributed by atoms with Crippen LogP contribution in [0.3, 0.4) is 0 Å². The third-order valence-electron chi connectivity index (χ3n) is 4.60. The van der Waals surface area contributed by atoms with Crippen molar-refractivity contribution in [2.45, 2.75) is 25.6 Å². The maximum atomic E-state index is 13.8. The highest BCUT2D eigenvalue weighted by molar-refractivity contribution is 5.91. The highest BCUT2D eigenvalue weighted by Crippen LogP contribution is 2.32. The van der Waals surface area contributed by atoms with Gasteiger partial charge in [0.2, 0.25) is 0 Å². The van der Waals surface area contributed by atoms with Gasteiger partial charge in [-0.3, -0.25) is 14.8 Å². The van der Waals surface area contributed by atoms with E-state index < -0.39 is 0 Å². The molecule has 1 fully saturated rings. The molecule has 0 aliphatic carbocycles. The molecule has 0 N–H and O–H groups in total. The lowest BCUT2D eigenvalue weighted by Crippen LogP contribution is -2.40. The number of hydrogen-bond donors (Lipinski definition) is 0. The van der Waals surface area contributed by atoms with Gasteiger partial charge in [0.25, 0.3) is 0 Å². The van der Waals surface area contributed by atoms with Crippen LogP contribution in [0, 0.1) is 5.82 Å². The Balaban J connectivity index is 1.66. The molecule has 1 aromatic heterocycles. The van der Waals surface area contributed by atoms with Crippen molar-refractivity contribution in [3.63, 3.8) is 0 Å². The van der Waals surface area contributed by atoms with E-state index in [9.17, 15) is 9.18 Å². The number of amides is 1. The van der Waals surface area contributed by atoms with Crippen LogP contribution < -0.4 is 4.90 Å². The number of pyridine rings is 1. The number of aromatic nitrogens is 1. The molecule has 1 saturated heterocycles. The van der Waals surface area contributed by atoms with E-state index in [-0.39, 0.29) is 18.0 Å². The molecule has 6 heteroatoms. The number of carbonyl (C=O) groups excluding carboxylic acids is 1. The van der Waals surface area contributed by atoms with E-state index in [2.05, 4.69) is 9.88 Å². The molecule has 2 aliphatic heterocycles. The summed E-state index contributed by atoms with van der Waals surface area (Å²) in [5.74, 6) is -0.339. The molecule has 4 rings (SSSR count). The van der Waals surface area contributed by atoms with Gasteiger partial charge in [-0.15, -0.1) is 0 Å². The Bertz CT molecular complexity index is 753. The number of benzene rings is 1. The summed E-state index contributed by atoms with van der Waals surface area (Å²) in [7, 11) is 0. The summed E-state index contributed by atoms with van der Waals surface area (Å²) >= 11 is 0. The third kappa shape index (κ3) is 2.85. The maximum Gasteiger partial charge on any atom is 0.414 e. The average molecular weight is 327 g/mol. The Morgan fingerprint density at radius 1 is 1.25 bits per heavy atom. The van der Waals surface area contributed by atoms with Crippen molar-refractivity contribution in [2.75, 3.05) is 18.1 Å². The topological polar surface area (TPSA) is 45.7 Å². The zero-order valence-corrected chi connectivity index (χ0v) is 13.2. The summed E-state index contributed by atoms with van der Waals surface area (Å²) in [4.78, 5) is 20.1. The summed E-state index contributed by atoms with van der Waals surface area (Å²) in [6, 6.07) is 8.60. The van der Waals surface area contributed by atoms with Gasteiger partial charge < -0.3 is 4.74 Å². The van der Waals surface area contributed by atoms with Crippen molar-refractivity contribution < 1.29 is 13.9 Å². The lowest BCUT2D eigenvalue weighted by molar-refractivity contribution is 0.177. The SMILES string of the molecule is O=C1OCC2CCN(Cc3ccncc3)Cc3ccc(F)cc3N12. The molecule has 2 aromatic rings. The number of fused-ring (bicyclic) bond motifs is 3. The molecule has 1 amide bonds. The Labute approximate surface area is 139 Å². The standard InChI is InChI=1S/C18H18FN3O2/c19-15-2-1-14-11-21(10-13-3-6-20-7-4-13)8-5-16-12-24-18(23)22(16)17(14)9-15/h1-4,6-7,9,16H,5,8,10-12H2. The van der Waals surface area contributed by atoms with Crippen LogP contribution in [0.5, 0.6) is 0 Å². The molecule has 0 saturated carbocycles. The normalized spacial score (nSPS) is 20.8. The predicted octanol–water partition coefficient (Wildman–Crippen LogP) is 2.95. The van der Waals surface area contributed by atoms with Gasteiger partial charge in [-0.1, -0.05) is 6.07 Å². The zero-order chi connectivity index (χ0) is 16.5. The monoisotopic (exact) mass is 327 g/mol. The smallest absolute Gasteiger partial charge is 0.414 e. The first-order valence-electron chi connectivity index (χ1n) is 8.06. The fourth-order valence-electron chi connectivity index (χ4n) is 3.40. The second kappa shape index (κ2) is 6.20. The number of anilines is 1. The number of cyclic esters (lactones) is 1. The van der Waals surface area contributed by atoms with Crippen LogP contribution in [0.4, 0.5) is 14.9 Å². The lowest BCUT2D eigenvalue weighted by atomic mass is 10.0. The first kappa shape index (κ1) is 15.1. The van der Waals surface area contributed by atoms with E-state index in [1.807, 2.05) is 12.1 Å². The summed E-state index contributed by atoms with van der Waals surface area (Å²) in [6.07, 6.45) is 3.99. The van der Waals surface area contributed by atoms with Gasteiger partial charge in [-0.2, -0.15) is 0 Å². The highest BCUT2D eigenvalue weighted by atomic mass is 19.1. The van der Waals surface area contributed by atoms with Gasteiger partial charge >= 0.3 is 6.09 Å². The van der Waals surface area contributed by atoms with Gasteiger partial charge in [0.05, 0.1) is 11.7 Å². The molecule has 2 aliphatic rings. The number of rotatable bonds is 2. The van der Waals surface area contributed by atoms with E-state index in [4.69, 9.17) is 4.74 Å². The molecule has 124 valence electrons. The van der Waals surface area contributed by atoms with E-state index in [0.29, 0.717) is 18.8 Å². The van der Waals surface area contributed by atoms with E-state index in [1.165, 1.54) is 17.7 Å². The summed E-state index contributed by atoms with van der Waals surface area (Å²) in [5, 5.41) is 0. The molecule has 1 aromatic carbocycles. The Morgan fingerprint density at radius 3 is 2.92 bits per heavy atom. The minimum absolute atomic E-state index is 0.0432. The van der Waals surface area contributed by atoms with Crippen LogP contribution in [-0.4, -0.2) is 35.2 Å². The number of carbonyl (C=O) groups is 1. The van der Waals surface area contributed by atoms with Crippen molar-refractivity contribution >= 4 is 11.8 Å². The number of hydrogen-bond acceptors (Lipinski definition) is 4. The molecular formula is C18H18FN3O2. The van der Waals surface area contributed by atoms with Crippen molar-refractivity contribution in [1.29, 1.82) is 0 Å². The van der Waals surface area contributed by atoms with Gasteiger partial charge in [0, 0.05) is 32.0 Å². The molecule has 0 spiro atoms. The highest BCUT2D eigenvalue weighted by Gasteiger charge is 2.37. The zero-order valence-electron chi connectivity index (χ0n) is 13.2. The molecular weight excluding hydrogens is 309 g/mol. The summed E-state index contributed by atoms with van der Waals surface area (Å²) < 4.78 is 19.0. The third-order valence-corrected chi connectivity index (χ3v) is 4.60. The summed E-state index contributed by atoms with van der Waals surface area (Å²) in [6.45, 7) is 2.66. The largest absolute Gasteiger partial charge is 0.447 e. The second-order valence-corrected chi connectivity index (χ2v) is 6.23. The molecule has 0 radical (unpaired) electrons. The quantitative estimate of drug-likeness (QED) is 0.851. The predicted molar refractivity (Wildman–Crippen MR) is 87.0 cm³/mol. The molecule has 3 heterocycles. The van der Waals surface area contributed by atoms with E-state index >= 15 is 0 Å². The van der Waals surface area contributed by atoms with Gasteiger partial charge in [-0.25, -0.2) is 9.18 Å². The van der Waals surface area contributed by atoms with Crippen LogP contribution in [0.2, 0.25) is 0 Å². The maximum absolute atomic E-state index is 13.8. The summed E-state index contributed by atoms with van der Waals surface area (Å²) in [5.41, 5.74) is 2.75. The van der Waals surface area contributed by atoms with Gasteiger partial charge in [0.1, 0.15) is 12.4 Å². The minimum atomic E-state index is -0.380.